The SMILES string of the molecule is CC(CC(Cl)Cc1c(F)cccc1F)C(C)(C)C. The predicted molar refractivity (Wildman–Crippen MR) is 72.9 cm³/mol. The summed E-state index contributed by atoms with van der Waals surface area (Å²) in [5.74, 6) is -0.622. The third kappa shape index (κ3) is 4.24. The maximum Gasteiger partial charge on any atom is 0.129 e. The van der Waals surface area contributed by atoms with E-state index in [0.717, 1.165) is 6.42 Å². The molecular weight excluding hydrogens is 254 g/mol. The smallest absolute Gasteiger partial charge is 0.129 e. The van der Waals surface area contributed by atoms with Crippen LogP contribution in [0.4, 0.5) is 8.78 Å². The van der Waals surface area contributed by atoms with Crippen molar-refractivity contribution >= 4 is 11.6 Å². The number of hydrogen-bond donors (Lipinski definition) is 0. The first-order valence-corrected chi connectivity index (χ1v) is 6.72. The summed E-state index contributed by atoms with van der Waals surface area (Å²) < 4.78 is 27.0. The standard InChI is InChI=1S/C15H21ClF2/c1-10(15(2,3)4)8-11(16)9-12-13(17)6-5-7-14(12)18/h5-7,10-11H,8-9H2,1-4H3. The number of alkyl halides is 1. The van der Waals surface area contributed by atoms with Crippen LogP contribution in [0.3, 0.4) is 0 Å². The van der Waals surface area contributed by atoms with Crippen molar-refractivity contribution in [2.75, 3.05) is 0 Å². The van der Waals surface area contributed by atoms with Crippen LogP contribution in [-0.2, 0) is 6.42 Å². The molecule has 2 unspecified atom stereocenters. The Morgan fingerprint density at radius 3 is 2.11 bits per heavy atom. The molecule has 1 aromatic rings. The van der Waals surface area contributed by atoms with E-state index in [9.17, 15) is 8.78 Å². The molecule has 0 aliphatic carbocycles. The number of hydrogen-bond acceptors (Lipinski definition) is 0. The summed E-state index contributed by atoms with van der Waals surface area (Å²) in [7, 11) is 0. The molecule has 0 bridgehead atoms. The fraction of sp³-hybridized carbons (Fsp3) is 0.600. The minimum Gasteiger partial charge on any atom is -0.207 e. The van der Waals surface area contributed by atoms with E-state index in [-0.39, 0.29) is 22.8 Å². The van der Waals surface area contributed by atoms with Crippen LogP contribution < -0.4 is 0 Å². The van der Waals surface area contributed by atoms with Crippen LogP contribution >= 0.6 is 11.6 Å². The van der Waals surface area contributed by atoms with Crippen LogP contribution in [0, 0.1) is 23.0 Å². The molecule has 0 heterocycles. The zero-order chi connectivity index (χ0) is 13.9. The second-order valence-corrected chi connectivity index (χ2v) is 6.62. The monoisotopic (exact) mass is 274 g/mol. The fourth-order valence-electron chi connectivity index (χ4n) is 1.77. The highest BCUT2D eigenvalue weighted by Crippen LogP contribution is 2.31. The zero-order valence-corrected chi connectivity index (χ0v) is 12.2. The fourth-order valence-corrected chi connectivity index (χ4v) is 2.19. The van der Waals surface area contributed by atoms with Crippen molar-refractivity contribution in [3.05, 3.63) is 35.4 Å². The van der Waals surface area contributed by atoms with Crippen molar-refractivity contribution in [1.82, 2.24) is 0 Å². The summed E-state index contributed by atoms with van der Waals surface area (Å²) in [5, 5.41) is -0.245. The molecule has 0 spiro atoms. The van der Waals surface area contributed by atoms with E-state index in [1.165, 1.54) is 18.2 Å². The highest BCUT2D eigenvalue weighted by Gasteiger charge is 2.24. The highest BCUT2D eigenvalue weighted by molar-refractivity contribution is 6.20. The molecule has 0 nitrogen and oxygen atoms in total. The Morgan fingerprint density at radius 2 is 1.67 bits per heavy atom. The van der Waals surface area contributed by atoms with Gasteiger partial charge in [0.2, 0.25) is 0 Å². The molecule has 0 aromatic heterocycles. The molecule has 2 atom stereocenters. The molecule has 0 fully saturated rings. The molecule has 0 aliphatic rings. The van der Waals surface area contributed by atoms with Gasteiger partial charge < -0.3 is 0 Å². The number of rotatable bonds is 4. The Hall–Kier alpha value is -0.630. The van der Waals surface area contributed by atoms with Crippen LogP contribution in [0.2, 0.25) is 0 Å². The lowest BCUT2D eigenvalue weighted by Crippen LogP contribution is -2.22. The Morgan fingerprint density at radius 1 is 1.17 bits per heavy atom. The summed E-state index contributed by atoms with van der Waals surface area (Å²) >= 11 is 6.23. The summed E-state index contributed by atoms with van der Waals surface area (Å²) in [6.07, 6.45) is 0.985. The van der Waals surface area contributed by atoms with Gasteiger partial charge in [0.25, 0.3) is 0 Å². The lowest BCUT2D eigenvalue weighted by Gasteiger charge is -2.29. The van der Waals surface area contributed by atoms with Gasteiger partial charge in [0.1, 0.15) is 11.6 Å². The minimum absolute atomic E-state index is 0.0959. The van der Waals surface area contributed by atoms with Gasteiger partial charge in [-0.3, -0.25) is 0 Å². The first-order valence-electron chi connectivity index (χ1n) is 6.28. The van der Waals surface area contributed by atoms with Crippen molar-refractivity contribution < 1.29 is 8.78 Å². The molecular formula is C15H21ClF2. The van der Waals surface area contributed by atoms with Crippen molar-refractivity contribution in [2.45, 2.75) is 45.9 Å². The van der Waals surface area contributed by atoms with Crippen molar-refractivity contribution in [2.24, 2.45) is 11.3 Å². The third-order valence-electron chi connectivity index (χ3n) is 3.58. The zero-order valence-electron chi connectivity index (χ0n) is 11.4. The average Bonchev–Trinajstić information content (AvgIpc) is 2.22. The van der Waals surface area contributed by atoms with Gasteiger partial charge >= 0.3 is 0 Å². The van der Waals surface area contributed by atoms with Crippen LogP contribution in [0.5, 0.6) is 0 Å². The van der Waals surface area contributed by atoms with E-state index in [0.29, 0.717) is 5.92 Å². The Bertz CT molecular complexity index is 376. The summed E-state index contributed by atoms with van der Waals surface area (Å²) in [6.45, 7) is 8.55. The maximum absolute atomic E-state index is 13.5. The van der Waals surface area contributed by atoms with Gasteiger partial charge in [-0.05, 0) is 36.3 Å². The second kappa shape index (κ2) is 6.01. The summed E-state index contributed by atoms with van der Waals surface area (Å²) in [5.41, 5.74) is 0.250. The topological polar surface area (TPSA) is 0 Å². The van der Waals surface area contributed by atoms with E-state index < -0.39 is 11.6 Å². The van der Waals surface area contributed by atoms with Crippen LogP contribution in [0.1, 0.15) is 39.7 Å². The molecule has 3 heteroatoms. The van der Waals surface area contributed by atoms with E-state index >= 15 is 0 Å². The van der Waals surface area contributed by atoms with Gasteiger partial charge in [-0.1, -0.05) is 33.8 Å². The molecule has 1 rings (SSSR count). The minimum atomic E-state index is -0.510. The first-order chi connectivity index (χ1) is 8.21. The number of benzene rings is 1. The lowest BCUT2D eigenvalue weighted by atomic mass is 9.79. The highest BCUT2D eigenvalue weighted by atomic mass is 35.5. The van der Waals surface area contributed by atoms with Gasteiger partial charge in [0.05, 0.1) is 0 Å². The summed E-state index contributed by atoms with van der Waals surface area (Å²) in [4.78, 5) is 0. The van der Waals surface area contributed by atoms with Gasteiger partial charge in [-0.25, -0.2) is 8.78 Å². The van der Waals surface area contributed by atoms with E-state index in [4.69, 9.17) is 11.6 Å². The molecule has 0 radical (unpaired) electrons. The van der Waals surface area contributed by atoms with Gasteiger partial charge in [-0.2, -0.15) is 0 Å². The molecule has 102 valence electrons. The molecule has 0 amide bonds. The molecule has 0 saturated carbocycles. The normalized spacial score (nSPS) is 15.5. The molecule has 1 aromatic carbocycles. The van der Waals surface area contributed by atoms with Crippen LogP contribution in [-0.4, -0.2) is 5.38 Å². The van der Waals surface area contributed by atoms with Crippen molar-refractivity contribution in [1.29, 1.82) is 0 Å². The predicted octanol–water partition coefficient (Wildman–Crippen LogP) is 5.19. The van der Waals surface area contributed by atoms with E-state index in [1.54, 1.807) is 0 Å². The molecule has 18 heavy (non-hydrogen) atoms. The third-order valence-corrected chi connectivity index (χ3v) is 3.91. The Balaban J connectivity index is 2.68. The molecule has 0 N–H and O–H groups in total. The van der Waals surface area contributed by atoms with Gasteiger partial charge in [-0.15, -0.1) is 11.6 Å². The van der Waals surface area contributed by atoms with Crippen LogP contribution in [0.15, 0.2) is 18.2 Å². The molecule has 0 saturated heterocycles. The first kappa shape index (κ1) is 15.4. The Labute approximate surface area is 113 Å². The largest absolute Gasteiger partial charge is 0.207 e. The van der Waals surface area contributed by atoms with Crippen molar-refractivity contribution in [3.63, 3.8) is 0 Å². The van der Waals surface area contributed by atoms with Crippen molar-refractivity contribution in [3.8, 4) is 0 Å². The van der Waals surface area contributed by atoms with Gasteiger partial charge in [0.15, 0.2) is 0 Å². The summed E-state index contributed by atoms with van der Waals surface area (Å²) in [6, 6.07) is 3.92. The van der Waals surface area contributed by atoms with Crippen LogP contribution in [0.25, 0.3) is 0 Å². The van der Waals surface area contributed by atoms with E-state index in [2.05, 4.69) is 27.7 Å². The maximum atomic E-state index is 13.5. The van der Waals surface area contributed by atoms with Gasteiger partial charge in [0, 0.05) is 10.9 Å². The average molecular weight is 275 g/mol. The molecule has 0 aliphatic heterocycles. The quantitative estimate of drug-likeness (QED) is 0.663. The Kier molecular flexibility index (Phi) is 5.15. The second-order valence-electron chi connectivity index (χ2n) is 6.00. The lowest BCUT2D eigenvalue weighted by molar-refractivity contribution is 0.244. The number of halogens is 3. The van der Waals surface area contributed by atoms with E-state index in [1.807, 2.05) is 0 Å².